The van der Waals surface area contributed by atoms with E-state index >= 15 is 0 Å². The number of rotatable bonds is 5. The van der Waals surface area contributed by atoms with Gasteiger partial charge in [-0.25, -0.2) is 0 Å². The highest BCUT2D eigenvalue weighted by Gasteiger charge is 2.16. The van der Waals surface area contributed by atoms with Gasteiger partial charge in [0.05, 0.1) is 5.60 Å². The van der Waals surface area contributed by atoms with E-state index in [1.165, 1.54) is 0 Å². The molecule has 0 heterocycles. The second-order valence-corrected chi connectivity index (χ2v) is 4.97. The van der Waals surface area contributed by atoms with Gasteiger partial charge in [-0.1, -0.05) is 6.07 Å². The van der Waals surface area contributed by atoms with Gasteiger partial charge < -0.3 is 15.1 Å². The topological polar surface area (TPSA) is 43.7 Å². The Morgan fingerprint density at radius 2 is 1.76 bits per heavy atom. The zero-order valence-corrected chi connectivity index (χ0v) is 11.2. The highest BCUT2D eigenvalue weighted by Crippen LogP contribution is 2.27. The molecule has 1 aromatic carbocycles. The van der Waals surface area contributed by atoms with Crippen molar-refractivity contribution in [2.75, 3.05) is 18.0 Å². The lowest BCUT2D eigenvalue weighted by Gasteiger charge is -2.23. The van der Waals surface area contributed by atoms with E-state index in [-0.39, 0.29) is 5.75 Å². The van der Waals surface area contributed by atoms with Crippen molar-refractivity contribution in [2.45, 2.75) is 39.7 Å². The molecule has 0 atom stereocenters. The normalized spacial score (nSPS) is 11.6. The van der Waals surface area contributed by atoms with Crippen LogP contribution in [0.4, 0.5) is 5.69 Å². The second kappa shape index (κ2) is 5.41. The van der Waals surface area contributed by atoms with Gasteiger partial charge in [-0.3, -0.25) is 0 Å². The molecule has 0 saturated carbocycles. The Morgan fingerprint density at radius 3 is 2.18 bits per heavy atom. The molecule has 96 valence electrons. The Kier molecular flexibility index (Phi) is 4.40. The molecule has 0 unspecified atom stereocenters. The maximum Gasteiger partial charge on any atom is 0.120 e. The van der Waals surface area contributed by atoms with Crippen LogP contribution in [0.3, 0.4) is 0 Å². The minimum absolute atomic E-state index is 0.261. The van der Waals surface area contributed by atoms with E-state index in [1.807, 2.05) is 12.1 Å². The van der Waals surface area contributed by atoms with E-state index in [4.69, 9.17) is 0 Å². The first kappa shape index (κ1) is 13.8. The smallest absolute Gasteiger partial charge is 0.120 e. The third-order valence-electron chi connectivity index (χ3n) is 2.82. The molecule has 3 heteroatoms. The molecule has 2 N–H and O–H groups in total. The molecule has 0 fully saturated rings. The molecule has 1 rings (SSSR count). The van der Waals surface area contributed by atoms with Gasteiger partial charge in [-0.15, -0.1) is 0 Å². The number of phenols is 1. The van der Waals surface area contributed by atoms with Crippen molar-refractivity contribution < 1.29 is 10.2 Å². The van der Waals surface area contributed by atoms with Crippen LogP contribution in [-0.4, -0.2) is 28.9 Å². The lowest BCUT2D eigenvalue weighted by atomic mass is 9.97. The summed E-state index contributed by atoms with van der Waals surface area (Å²) in [6, 6.07) is 5.66. The monoisotopic (exact) mass is 237 g/mol. The van der Waals surface area contributed by atoms with Crippen molar-refractivity contribution in [1.82, 2.24) is 0 Å². The van der Waals surface area contributed by atoms with Crippen molar-refractivity contribution >= 4 is 5.69 Å². The van der Waals surface area contributed by atoms with Gasteiger partial charge in [0.15, 0.2) is 0 Å². The summed E-state index contributed by atoms with van der Waals surface area (Å²) < 4.78 is 0. The van der Waals surface area contributed by atoms with E-state index in [1.54, 1.807) is 19.9 Å². The standard InChI is InChI=1S/C14H23NO2/c1-5-15(6-2)12-8-7-11(13(16)9-12)10-14(3,4)17/h7-9,16-17H,5-6,10H2,1-4H3. The summed E-state index contributed by atoms with van der Waals surface area (Å²) in [6.45, 7) is 9.49. The van der Waals surface area contributed by atoms with Crippen LogP contribution in [-0.2, 0) is 6.42 Å². The first-order chi connectivity index (χ1) is 7.87. The Bertz CT molecular complexity index is 365. The van der Waals surface area contributed by atoms with E-state index in [9.17, 15) is 10.2 Å². The molecular formula is C14H23NO2. The second-order valence-electron chi connectivity index (χ2n) is 4.97. The van der Waals surface area contributed by atoms with Gasteiger partial charge >= 0.3 is 0 Å². The molecule has 17 heavy (non-hydrogen) atoms. The third-order valence-corrected chi connectivity index (χ3v) is 2.82. The molecule has 0 aliphatic heterocycles. The summed E-state index contributed by atoms with van der Waals surface area (Å²) in [4.78, 5) is 2.17. The minimum atomic E-state index is -0.797. The van der Waals surface area contributed by atoms with Gasteiger partial charge in [0.25, 0.3) is 0 Å². The van der Waals surface area contributed by atoms with Crippen LogP contribution in [0, 0.1) is 0 Å². The number of hydrogen-bond acceptors (Lipinski definition) is 3. The Morgan fingerprint density at radius 1 is 1.18 bits per heavy atom. The quantitative estimate of drug-likeness (QED) is 0.827. The first-order valence-corrected chi connectivity index (χ1v) is 6.16. The summed E-state index contributed by atoms with van der Waals surface area (Å²) >= 11 is 0. The number of hydrogen-bond donors (Lipinski definition) is 2. The van der Waals surface area contributed by atoms with Crippen molar-refractivity contribution in [2.24, 2.45) is 0 Å². The van der Waals surface area contributed by atoms with Crippen LogP contribution in [0.25, 0.3) is 0 Å². The predicted molar refractivity (Wildman–Crippen MR) is 71.7 cm³/mol. The average Bonchev–Trinajstić information content (AvgIpc) is 2.22. The van der Waals surface area contributed by atoms with Gasteiger partial charge in [0.2, 0.25) is 0 Å². The van der Waals surface area contributed by atoms with Crippen LogP contribution < -0.4 is 4.90 Å². The van der Waals surface area contributed by atoms with Crippen LogP contribution in [0.5, 0.6) is 5.75 Å². The van der Waals surface area contributed by atoms with Crippen molar-refractivity contribution in [3.8, 4) is 5.75 Å². The molecule has 0 aromatic heterocycles. The molecule has 0 amide bonds. The average molecular weight is 237 g/mol. The highest BCUT2D eigenvalue weighted by molar-refractivity contribution is 5.53. The number of nitrogens with zero attached hydrogens (tertiary/aromatic N) is 1. The third kappa shape index (κ3) is 3.93. The van der Waals surface area contributed by atoms with E-state index < -0.39 is 5.60 Å². The Balaban J connectivity index is 2.93. The van der Waals surface area contributed by atoms with Crippen LogP contribution >= 0.6 is 0 Å². The fraction of sp³-hybridized carbons (Fsp3) is 0.571. The van der Waals surface area contributed by atoms with Gasteiger partial charge in [-0.2, -0.15) is 0 Å². The van der Waals surface area contributed by atoms with Crippen molar-refractivity contribution in [1.29, 1.82) is 0 Å². The predicted octanol–water partition coefficient (Wildman–Crippen LogP) is 2.55. The van der Waals surface area contributed by atoms with E-state index in [2.05, 4.69) is 18.7 Å². The minimum Gasteiger partial charge on any atom is -0.508 e. The van der Waals surface area contributed by atoms with Crippen LogP contribution in [0.1, 0.15) is 33.3 Å². The zero-order chi connectivity index (χ0) is 13.1. The largest absolute Gasteiger partial charge is 0.508 e. The van der Waals surface area contributed by atoms with Crippen molar-refractivity contribution in [3.05, 3.63) is 23.8 Å². The Hall–Kier alpha value is -1.22. The lowest BCUT2D eigenvalue weighted by molar-refractivity contribution is 0.0803. The number of aromatic hydroxyl groups is 1. The highest BCUT2D eigenvalue weighted by atomic mass is 16.3. The number of phenolic OH excluding ortho intramolecular Hbond substituents is 1. The van der Waals surface area contributed by atoms with Crippen LogP contribution in [0.15, 0.2) is 18.2 Å². The summed E-state index contributed by atoms with van der Waals surface area (Å²) in [5.74, 6) is 0.261. The molecule has 0 aliphatic rings. The van der Waals surface area contributed by atoms with Gasteiger partial charge in [-0.05, 0) is 39.3 Å². The molecule has 0 radical (unpaired) electrons. The lowest BCUT2D eigenvalue weighted by Crippen LogP contribution is -2.23. The van der Waals surface area contributed by atoms with Gasteiger partial charge in [0.1, 0.15) is 5.75 Å². The molecular weight excluding hydrogens is 214 g/mol. The molecule has 0 saturated heterocycles. The van der Waals surface area contributed by atoms with E-state index in [0.717, 1.165) is 24.3 Å². The number of aliphatic hydroxyl groups is 1. The molecule has 3 nitrogen and oxygen atoms in total. The molecule has 0 spiro atoms. The summed E-state index contributed by atoms with van der Waals surface area (Å²) in [6.07, 6.45) is 0.456. The molecule has 0 bridgehead atoms. The van der Waals surface area contributed by atoms with Crippen LogP contribution in [0.2, 0.25) is 0 Å². The maximum absolute atomic E-state index is 9.96. The van der Waals surface area contributed by atoms with E-state index in [0.29, 0.717) is 6.42 Å². The maximum atomic E-state index is 9.96. The summed E-state index contributed by atoms with van der Waals surface area (Å²) in [5.41, 5.74) is 1.01. The molecule has 1 aromatic rings. The number of anilines is 1. The van der Waals surface area contributed by atoms with Gasteiger partial charge in [0, 0.05) is 31.3 Å². The summed E-state index contributed by atoms with van der Waals surface area (Å²) in [5, 5.41) is 19.7. The molecule has 0 aliphatic carbocycles. The fourth-order valence-corrected chi connectivity index (χ4v) is 1.95. The SMILES string of the molecule is CCN(CC)c1ccc(CC(C)(C)O)c(O)c1. The fourth-order valence-electron chi connectivity index (χ4n) is 1.95. The summed E-state index contributed by atoms with van der Waals surface area (Å²) in [7, 11) is 0. The first-order valence-electron chi connectivity index (χ1n) is 6.16. The Labute approximate surface area is 104 Å². The number of benzene rings is 1. The zero-order valence-electron chi connectivity index (χ0n) is 11.2. The van der Waals surface area contributed by atoms with Crippen molar-refractivity contribution in [3.63, 3.8) is 0 Å².